The van der Waals surface area contributed by atoms with Gasteiger partial charge in [0.2, 0.25) is 5.12 Å². The van der Waals surface area contributed by atoms with E-state index in [4.69, 9.17) is 9.47 Å². The lowest BCUT2D eigenvalue weighted by Gasteiger charge is -2.26. The Labute approximate surface area is 141 Å². The lowest BCUT2D eigenvalue weighted by Crippen LogP contribution is -2.29. The van der Waals surface area contributed by atoms with Crippen molar-refractivity contribution in [1.29, 1.82) is 0 Å². The minimum atomic E-state index is -0.553. The maximum Gasteiger partial charge on any atom is 0.344 e. The van der Waals surface area contributed by atoms with Crippen molar-refractivity contribution in [1.82, 2.24) is 0 Å². The minimum Gasteiger partial charge on any atom is -0.485 e. The molecule has 5 heteroatoms. The molecule has 0 spiro atoms. The average molecular weight is 334 g/mol. The van der Waals surface area contributed by atoms with Crippen LogP contribution in [0.5, 0.6) is 0 Å². The number of carbonyl (C=O) groups excluding carboxylic acids is 2. The summed E-state index contributed by atoms with van der Waals surface area (Å²) in [6.45, 7) is 7.17. The quantitative estimate of drug-likeness (QED) is 0.771. The maximum atomic E-state index is 11.8. The van der Waals surface area contributed by atoms with Crippen LogP contribution < -0.4 is 0 Å². The third kappa shape index (κ3) is 5.13. The van der Waals surface area contributed by atoms with Crippen LogP contribution in [-0.4, -0.2) is 28.0 Å². The summed E-state index contributed by atoms with van der Waals surface area (Å²) < 4.78 is 10.3. The van der Waals surface area contributed by atoms with Crippen molar-refractivity contribution >= 4 is 22.8 Å². The molecule has 1 aliphatic rings. The van der Waals surface area contributed by atoms with Crippen molar-refractivity contribution in [3.8, 4) is 0 Å². The Morgan fingerprint density at radius 2 is 1.87 bits per heavy atom. The number of esters is 1. The van der Waals surface area contributed by atoms with E-state index < -0.39 is 16.3 Å². The van der Waals surface area contributed by atoms with Gasteiger partial charge in [-0.1, -0.05) is 42.1 Å². The molecule has 0 fully saturated rings. The number of benzene rings is 1. The first-order valence-electron chi connectivity index (χ1n) is 7.52. The van der Waals surface area contributed by atoms with Gasteiger partial charge >= 0.3 is 5.97 Å². The molecule has 23 heavy (non-hydrogen) atoms. The van der Waals surface area contributed by atoms with Crippen LogP contribution in [0.4, 0.5) is 0 Å². The largest absolute Gasteiger partial charge is 0.485 e. The maximum absolute atomic E-state index is 11.8. The van der Waals surface area contributed by atoms with E-state index in [1.165, 1.54) is 17.8 Å². The molecule has 0 unspecified atom stereocenters. The van der Waals surface area contributed by atoms with E-state index in [0.29, 0.717) is 12.2 Å². The van der Waals surface area contributed by atoms with E-state index in [-0.39, 0.29) is 11.7 Å². The lowest BCUT2D eigenvalue weighted by molar-refractivity contribution is -0.159. The first kappa shape index (κ1) is 17.6. The molecule has 124 valence electrons. The summed E-state index contributed by atoms with van der Waals surface area (Å²) in [5.41, 5.74) is 0.562. The topological polar surface area (TPSA) is 52.6 Å². The van der Waals surface area contributed by atoms with Gasteiger partial charge in [-0.25, -0.2) is 4.79 Å². The van der Waals surface area contributed by atoms with Crippen LogP contribution in [0.15, 0.2) is 42.2 Å². The summed E-state index contributed by atoms with van der Waals surface area (Å²) in [5, 5.41) is -0.0531. The van der Waals surface area contributed by atoms with Gasteiger partial charge in [-0.3, -0.25) is 4.79 Å². The second-order valence-electron chi connectivity index (χ2n) is 6.70. The van der Waals surface area contributed by atoms with Crippen molar-refractivity contribution in [2.24, 2.45) is 0 Å². The Hall–Kier alpha value is -1.75. The Kier molecular flexibility index (Phi) is 5.19. The first-order chi connectivity index (χ1) is 10.7. The molecule has 0 bridgehead atoms. The van der Waals surface area contributed by atoms with Crippen LogP contribution in [0.25, 0.3) is 0 Å². The highest BCUT2D eigenvalue weighted by Gasteiger charge is 2.40. The monoisotopic (exact) mass is 334 g/mol. The molecule has 0 aromatic heterocycles. The number of thioether (sulfide) groups is 1. The smallest absolute Gasteiger partial charge is 0.344 e. The van der Waals surface area contributed by atoms with Gasteiger partial charge in [0.25, 0.3) is 0 Å². The van der Waals surface area contributed by atoms with Gasteiger partial charge in [-0.15, -0.1) is 0 Å². The summed E-state index contributed by atoms with van der Waals surface area (Å²) in [5.74, 6) is 0.0898. The minimum absolute atomic E-state index is 0.0531. The third-order valence-corrected chi connectivity index (χ3v) is 4.36. The summed E-state index contributed by atoms with van der Waals surface area (Å²) in [7, 11) is 0. The first-order valence-corrected chi connectivity index (χ1v) is 8.33. The number of ether oxygens (including phenoxy) is 2. The molecular weight excluding hydrogens is 312 g/mol. The lowest BCUT2D eigenvalue weighted by atomic mass is 9.98. The molecule has 0 amide bonds. The van der Waals surface area contributed by atoms with Gasteiger partial charge in [0.15, 0.2) is 6.61 Å². The molecule has 2 rings (SSSR count). The zero-order chi connectivity index (χ0) is 17.1. The Balaban J connectivity index is 2.02. The van der Waals surface area contributed by atoms with Crippen molar-refractivity contribution in [2.75, 3.05) is 6.61 Å². The molecule has 1 aromatic carbocycles. The second-order valence-corrected chi connectivity index (χ2v) is 8.21. The molecule has 0 saturated heterocycles. The molecule has 0 aliphatic carbocycles. The summed E-state index contributed by atoms with van der Waals surface area (Å²) in [6.07, 6.45) is 2.13. The molecule has 1 atom stereocenters. The van der Waals surface area contributed by atoms with Crippen molar-refractivity contribution in [3.63, 3.8) is 0 Å². The van der Waals surface area contributed by atoms with Crippen molar-refractivity contribution in [2.45, 2.75) is 44.5 Å². The Morgan fingerprint density at radius 3 is 2.48 bits per heavy atom. The van der Waals surface area contributed by atoms with Crippen LogP contribution >= 0.6 is 11.8 Å². The Bertz CT molecular complexity index is 616. The molecule has 1 heterocycles. The predicted molar refractivity (Wildman–Crippen MR) is 91.0 cm³/mol. The van der Waals surface area contributed by atoms with Crippen LogP contribution in [0.1, 0.15) is 33.3 Å². The normalized spacial score (nSPS) is 21.0. The van der Waals surface area contributed by atoms with E-state index >= 15 is 0 Å². The standard InChI is InChI=1S/C18H22O4S/c1-17(2,3)22-15(19)12-21-14-10-16(20)23-18(14,4)11-13-8-6-5-7-9-13/h5-10H,11-12H2,1-4H3/t18-/m1/s1. The number of rotatable bonds is 5. The number of hydrogen-bond donors (Lipinski definition) is 0. The highest BCUT2D eigenvalue weighted by atomic mass is 32.2. The van der Waals surface area contributed by atoms with Gasteiger partial charge in [0.05, 0.1) is 4.75 Å². The van der Waals surface area contributed by atoms with Gasteiger partial charge < -0.3 is 9.47 Å². The molecule has 1 aliphatic heterocycles. The fourth-order valence-electron chi connectivity index (χ4n) is 2.37. The van der Waals surface area contributed by atoms with E-state index in [1.54, 1.807) is 20.8 Å². The number of hydrogen-bond acceptors (Lipinski definition) is 5. The predicted octanol–water partition coefficient (Wildman–Crippen LogP) is 3.50. The van der Waals surface area contributed by atoms with E-state index in [2.05, 4.69) is 0 Å². The van der Waals surface area contributed by atoms with Crippen LogP contribution in [0.2, 0.25) is 0 Å². The number of carbonyl (C=O) groups is 2. The molecule has 1 aromatic rings. The van der Waals surface area contributed by atoms with Gasteiger partial charge in [-0.05, 0) is 39.7 Å². The average Bonchev–Trinajstić information content (AvgIpc) is 2.69. The van der Waals surface area contributed by atoms with Crippen LogP contribution in [0, 0.1) is 0 Å². The molecule has 0 saturated carbocycles. The zero-order valence-corrected chi connectivity index (χ0v) is 14.7. The van der Waals surface area contributed by atoms with Crippen LogP contribution in [-0.2, 0) is 25.5 Å². The van der Waals surface area contributed by atoms with Gasteiger partial charge in [-0.2, -0.15) is 0 Å². The fraction of sp³-hybridized carbons (Fsp3) is 0.444. The molecule has 0 N–H and O–H groups in total. The molecule has 0 radical (unpaired) electrons. The van der Waals surface area contributed by atoms with Gasteiger partial charge in [0.1, 0.15) is 11.4 Å². The SMILES string of the molecule is CC(C)(C)OC(=O)COC1=CC(=O)S[C@]1(C)Cc1ccccc1. The highest BCUT2D eigenvalue weighted by molar-refractivity contribution is 8.15. The van der Waals surface area contributed by atoms with Gasteiger partial charge in [0, 0.05) is 6.08 Å². The molecular formula is C18H22O4S. The zero-order valence-electron chi connectivity index (χ0n) is 13.9. The second kappa shape index (κ2) is 6.79. The van der Waals surface area contributed by atoms with E-state index in [1.807, 2.05) is 37.3 Å². The Morgan fingerprint density at radius 1 is 1.22 bits per heavy atom. The summed E-state index contributed by atoms with van der Waals surface area (Å²) >= 11 is 1.23. The summed E-state index contributed by atoms with van der Waals surface area (Å²) in [6, 6.07) is 9.91. The third-order valence-electron chi connectivity index (χ3n) is 3.25. The highest BCUT2D eigenvalue weighted by Crippen LogP contribution is 2.42. The fourth-order valence-corrected chi connectivity index (χ4v) is 3.44. The van der Waals surface area contributed by atoms with Crippen molar-refractivity contribution in [3.05, 3.63) is 47.7 Å². The summed E-state index contributed by atoms with van der Waals surface area (Å²) in [4.78, 5) is 23.6. The van der Waals surface area contributed by atoms with Crippen molar-refractivity contribution < 1.29 is 19.1 Å². The molecule has 4 nitrogen and oxygen atoms in total. The van der Waals surface area contributed by atoms with E-state index in [9.17, 15) is 9.59 Å². The van der Waals surface area contributed by atoms with E-state index in [0.717, 1.165) is 5.56 Å². The van der Waals surface area contributed by atoms with Crippen LogP contribution in [0.3, 0.4) is 0 Å².